The molecule has 0 radical (unpaired) electrons. The summed E-state index contributed by atoms with van der Waals surface area (Å²) in [6, 6.07) is 6.26. The predicted molar refractivity (Wildman–Crippen MR) is 79.3 cm³/mol. The van der Waals surface area contributed by atoms with Crippen molar-refractivity contribution in [2.75, 3.05) is 0 Å². The Labute approximate surface area is 113 Å². The van der Waals surface area contributed by atoms with Gasteiger partial charge < -0.3 is 4.79 Å². The molecule has 1 heterocycles. The number of fused-ring (bicyclic) bond motifs is 1. The van der Waals surface area contributed by atoms with Crippen molar-refractivity contribution in [3.05, 3.63) is 28.8 Å². The van der Waals surface area contributed by atoms with Crippen LogP contribution in [-0.2, 0) is 11.2 Å². The number of aryl methyl sites for hydroxylation is 2. The zero-order chi connectivity index (χ0) is 13.5. The summed E-state index contributed by atoms with van der Waals surface area (Å²) in [7, 11) is 0. The third-order valence-corrected chi connectivity index (χ3v) is 3.28. The molecule has 0 N–H and O–H groups in total. The molecule has 2 aromatic rings. The first-order valence-corrected chi connectivity index (χ1v) is 7.24. The average Bonchev–Trinajstić information content (AvgIpc) is 2.66. The summed E-state index contributed by atoms with van der Waals surface area (Å²) >= 11 is 1.71. The van der Waals surface area contributed by atoms with E-state index in [4.69, 9.17) is 0 Å². The van der Waals surface area contributed by atoms with E-state index < -0.39 is 0 Å². The fourth-order valence-corrected chi connectivity index (χ4v) is 2.37. The molecule has 18 heavy (non-hydrogen) atoms. The third kappa shape index (κ3) is 4.57. The molecule has 3 heteroatoms. The third-order valence-electron chi connectivity index (χ3n) is 2.32. The fourth-order valence-electron chi connectivity index (χ4n) is 1.56. The highest BCUT2D eigenvalue weighted by atomic mass is 32.1. The van der Waals surface area contributed by atoms with Crippen LogP contribution in [0.15, 0.2) is 18.2 Å². The average molecular weight is 263 g/mol. The van der Waals surface area contributed by atoms with E-state index in [2.05, 4.69) is 37.0 Å². The molecule has 0 bridgehead atoms. The number of benzene rings is 1. The van der Waals surface area contributed by atoms with Gasteiger partial charge in [0.05, 0.1) is 15.2 Å². The van der Waals surface area contributed by atoms with Gasteiger partial charge in [-0.05, 0) is 38.0 Å². The summed E-state index contributed by atoms with van der Waals surface area (Å²) in [6.45, 7) is 7.89. The number of hydrogen-bond donors (Lipinski definition) is 0. The van der Waals surface area contributed by atoms with Gasteiger partial charge in [-0.3, -0.25) is 0 Å². The first kappa shape index (κ1) is 14.8. The molecule has 0 amide bonds. The maximum atomic E-state index is 10.9. The number of thiazole rings is 1. The van der Waals surface area contributed by atoms with Crippen LogP contribution in [0.5, 0.6) is 0 Å². The van der Waals surface area contributed by atoms with E-state index in [9.17, 15) is 4.79 Å². The lowest BCUT2D eigenvalue weighted by Crippen LogP contribution is -1.93. The van der Waals surface area contributed by atoms with Gasteiger partial charge in [-0.25, -0.2) is 4.98 Å². The van der Waals surface area contributed by atoms with Crippen LogP contribution in [0, 0.1) is 6.92 Å². The van der Waals surface area contributed by atoms with Crippen molar-refractivity contribution in [2.24, 2.45) is 0 Å². The predicted octanol–water partition coefficient (Wildman–Crippen LogP) is 4.54. The summed E-state index contributed by atoms with van der Waals surface area (Å²) in [5, 5.41) is 1.09. The highest BCUT2D eigenvalue weighted by molar-refractivity contribution is 7.18. The second-order valence-corrected chi connectivity index (χ2v) is 5.68. The first-order valence-electron chi connectivity index (χ1n) is 6.42. The molecule has 0 unspecified atom stereocenters. The van der Waals surface area contributed by atoms with E-state index in [1.165, 1.54) is 16.7 Å². The van der Waals surface area contributed by atoms with Gasteiger partial charge >= 0.3 is 0 Å². The van der Waals surface area contributed by atoms with Crippen molar-refractivity contribution in [3.63, 3.8) is 0 Å². The quantitative estimate of drug-likeness (QED) is 0.813. The molecule has 0 aliphatic carbocycles. The van der Waals surface area contributed by atoms with Crippen molar-refractivity contribution < 1.29 is 4.79 Å². The van der Waals surface area contributed by atoms with Crippen molar-refractivity contribution >= 4 is 27.3 Å². The number of ketones is 1. The van der Waals surface area contributed by atoms with Crippen LogP contribution < -0.4 is 0 Å². The lowest BCUT2D eigenvalue weighted by Gasteiger charge is -1.98. The molecular weight excluding hydrogens is 242 g/mol. The van der Waals surface area contributed by atoms with Crippen LogP contribution >= 0.6 is 11.3 Å². The molecule has 0 saturated heterocycles. The fraction of sp³-hybridized carbons (Fsp3) is 0.467. The normalized spacial score (nSPS) is 10.0. The zero-order valence-corrected chi connectivity index (χ0v) is 12.4. The molecule has 0 atom stereocenters. The SMILES string of the molecule is CC(=O)CCc1ccc2sc(C)nc2c1.CCC. The standard InChI is InChI=1S/C12H13NOS.C3H8/c1-8(14)3-4-10-5-6-12-11(7-10)13-9(2)15-12;1-3-2/h5-7H,3-4H2,1-2H3;3H2,1-2H3. The maximum Gasteiger partial charge on any atom is 0.130 e. The Morgan fingerprint density at radius 1 is 1.33 bits per heavy atom. The van der Waals surface area contributed by atoms with Crippen LogP contribution in [0.25, 0.3) is 10.2 Å². The van der Waals surface area contributed by atoms with E-state index >= 15 is 0 Å². The van der Waals surface area contributed by atoms with Gasteiger partial charge in [-0.2, -0.15) is 0 Å². The number of hydrogen-bond acceptors (Lipinski definition) is 3. The minimum Gasteiger partial charge on any atom is -0.300 e. The van der Waals surface area contributed by atoms with Crippen LogP contribution in [-0.4, -0.2) is 10.8 Å². The van der Waals surface area contributed by atoms with Crippen LogP contribution in [0.3, 0.4) is 0 Å². The highest BCUT2D eigenvalue weighted by Crippen LogP contribution is 2.22. The Morgan fingerprint density at radius 2 is 2.00 bits per heavy atom. The second-order valence-electron chi connectivity index (χ2n) is 4.44. The van der Waals surface area contributed by atoms with Gasteiger partial charge in [0.25, 0.3) is 0 Å². The van der Waals surface area contributed by atoms with E-state index in [-0.39, 0.29) is 5.78 Å². The number of nitrogens with zero attached hydrogens (tertiary/aromatic N) is 1. The number of aromatic nitrogens is 1. The summed E-state index contributed by atoms with van der Waals surface area (Å²) in [5.41, 5.74) is 2.25. The summed E-state index contributed by atoms with van der Waals surface area (Å²) in [6.07, 6.45) is 2.69. The molecule has 2 nitrogen and oxygen atoms in total. The number of Topliss-reactive ketones (excluding diaryl/α,β-unsaturated/α-hetero) is 1. The van der Waals surface area contributed by atoms with Crippen molar-refractivity contribution in [2.45, 2.75) is 47.0 Å². The van der Waals surface area contributed by atoms with E-state index in [0.717, 1.165) is 16.9 Å². The highest BCUT2D eigenvalue weighted by Gasteiger charge is 2.02. The van der Waals surface area contributed by atoms with Gasteiger partial charge in [0.1, 0.15) is 5.78 Å². The van der Waals surface area contributed by atoms with Crippen molar-refractivity contribution in [1.82, 2.24) is 4.98 Å². The van der Waals surface area contributed by atoms with Crippen LogP contribution in [0.1, 0.15) is 44.2 Å². The first-order chi connectivity index (χ1) is 8.56. The molecule has 0 spiro atoms. The Hall–Kier alpha value is -1.22. The summed E-state index contributed by atoms with van der Waals surface area (Å²) < 4.78 is 1.22. The number of carbonyl (C=O) groups is 1. The van der Waals surface area contributed by atoms with Crippen molar-refractivity contribution in [3.8, 4) is 0 Å². The Kier molecular flexibility index (Phi) is 5.99. The van der Waals surface area contributed by atoms with Gasteiger partial charge in [-0.1, -0.05) is 26.3 Å². The lowest BCUT2D eigenvalue weighted by atomic mass is 10.1. The smallest absolute Gasteiger partial charge is 0.130 e. The topological polar surface area (TPSA) is 30.0 Å². The molecule has 1 aromatic heterocycles. The Morgan fingerprint density at radius 3 is 2.61 bits per heavy atom. The molecule has 0 fully saturated rings. The van der Waals surface area contributed by atoms with E-state index in [1.54, 1.807) is 18.3 Å². The zero-order valence-electron chi connectivity index (χ0n) is 11.6. The lowest BCUT2D eigenvalue weighted by molar-refractivity contribution is -0.116. The minimum atomic E-state index is 0.240. The van der Waals surface area contributed by atoms with E-state index in [0.29, 0.717) is 6.42 Å². The monoisotopic (exact) mass is 263 g/mol. The minimum absolute atomic E-state index is 0.240. The van der Waals surface area contributed by atoms with Gasteiger partial charge in [-0.15, -0.1) is 11.3 Å². The van der Waals surface area contributed by atoms with Gasteiger partial charge in [0.15, 0.2) is 0 Å². The molecule has 0 aliphatic heterocycles. The van der Waals surface area contributed by atoms with E-state index in [1.807, 2.05) is 6.92 Å². The second kappa shape index (κ2) is 7.27. The number of rotatable bonds is 3. The Bertz CT molecular complexity index is 516. The Balaban J connectivity index is 0.000000492. The van der Waals surface area contributed by atoms with Crippen LogP contribution in [0.4, 0.5) is 0 Å². The molecule has 1 aromatic carbocycles. The summed E-state index contributed by atoms with van der Waals surface area (Å²) in [5.74, 6) is 0.240. The molecule has 0 saturated carbocycles. The summed E-state index contributed by atoms with van der Waals surface area (Å²) in [4.78, 5) is 15.3. The largest absolute Gasteiger partial charge is 0.300 e. The van der Waals surface area contributed by atoms with Crippen molar-refractivity contribution in [1.29, 1.82) is 0 Å². The van der Waals surface area contributed by atoms with Crippen LogP contribution in [0.2, 0.25) is 0 Å². The van der Waals surface area contributed by atoms with Gasteiger partial charge in [0, 0.05) is 6.42 Å². The molecule has 98 valence electrons. The molecule has 0 aliphatic rings. The molecular formula is C15H21NOS. The maximum absolute atomic E-state index is 10.9. The van der Waals surface area contributed by atoms with Gasteiger partial charge in [0.2, 0.25) is 0 Å². The molecule has 2 rings (SSSR count). The number of carbonyl (C=O) groups excluding carboxylic acids is 1.